The molecule has 1 aliphatic rings. The first-order valence-electron chi connectivity index (χ1n) is 6.64. The standard InChI is InChI=1S/C14H20ClNOS/c1-2-6-14(7-3-8-16-10-14)12(17)9-11-4-5-13(15)18-11/h4-5,16H,2-3,6-10H2,1H3. The van der Waals surface area contributed by atoms with Crippen molar-refractivity contribution in [1.29, 1.82) is 0 Å². The van der Waals surface area contributed by atoms with Crippen molar-refractivity contribution in [3.05, 3.63) is 21.3 Å². The van der Waals surface area contributed by atoms with Gasteiger partial charge in [0, 0.05) is 23.3 Å². The summed E-state index contributed by atoms with van der Waals surface area (Å²) in [6.07, 6.45) is 4.75. The van der Waals surface area contributed by atoms with Crippen LogP contribution in [0.1, 0.15) is 37.5 Å². The zero-order valence-corrected chi connectivity index (χ0v) is 12.4. The molecule has 4 heteroatoms. The molecule has 2 rings (SSSR count). The maximum Gasteiger partial charge on any atom is 0.145 e. The number of nitrogens with one attached hydrogen (secondary N) is 1. The van der Waals surface area contributed by atoms with E-state index in [0.29, 0.717) is 12.2 Å². The second-order valence-corrected chi connectivity index (χ2v) is 6.92. The van der Waals surface area contributed by atoms with E-state index in [9.17, 15) is 4.79 Å². The van der Waals surface area contributed by atoms with Crippen LogP contribution in [0, 0.1) is 5.41 Å². The number of ketones is 1. The Hall–Kier alpha value is -0.380. The van der Waals surface area contributed by atoms with Gasteiger partial charge >= 0.3 is 0 Å². The molecule has 2 nitrogen and oxygen atoms in total. The van der Waals surface area contributed by atoms with Crippen LogP contribution >= 0.6 is 22.9 Å². The molecule has 0 saturated carbocycles. The number of rotatable bonds is 5. The summed E-state index contributed by atoms with van der Waals surface area (Å²) in [5.41, 5.74) is -0.135. The number of Topliss-reactive ketones (excluding diaryl/α,β-unsaturated/α-hetero) is 1. The van der Waals surface area contributed by atoms with Crippen molar-refractivity contribution in [2.75, 3.05) is 13.1 Å². The number of hydrogen-bond acceptors (Lipinski definition) is 3. The molecule has 0 spiro atoms. The number of carbonyl (C=O) groups excluding carboxylic acids is 1. The minimum atomic E-state index is -0.135. The average molecular weight is 286 g/mol. The second kappa shape index (κ2) is 6.18. The van der Waals surface area contributed by atoms with E-state index in [1.54, 1.807) is 0 Å². The quantitative estimate of drug-likeness (QED) is 0.894. The van der Waals surface area contributed by atoms with Crippen LogP contribution in [-0.4, -0.2) is 18.9 Å². The van der Waals surface area contributed by atoms with Crippen molar-refractivity contribution >= 4 is 28.7 Å². The highest BCUT2D eigenvalue weighted by atomic mass is 35.5. The van der Waals surface area contributed by atoms with E-state index >= 15 is 0 Å². The lowest BCUT2D eigenvalue weighted by molar-refractivity contribution is -0.129. The van der Waals surface area contributed by atoms with Crippen LogP contribution in [0.3, 0.4) is 0 Å². The normalized spacial score (nSPS) is 24.1. The summed E-state index contributed by atoms with van der Waals surface area (Å²) in [5, 5.41) is 3.39. The molecule has 2 heterocycles. The zero-order valence-electron chi connectivity index (χ0n) is 10.8. The molecule has 0 aromatic carbocycles. The third-order valence-corrected chi connectivity index (χ3v) is 4.99. The van der Waals surface area contributed by atoms with E-state index in [4.69, 9.17) is 11.6 Å². The summed E-state index contributed by atoms with van der Waals surface area (Å²) in [7, 11) is 0. The van der Waals surface area contributed by atoms with Gasteiger partial charge in [0.15, 0.2) is 0 Å². The van der Waals surface area contributed by atoms with Crippen LogP contribution in [0.15, 0.2) is 12.1 Å². The molecule has 0 aliphatic carbocycles. The van der Waals surface area contributed by atoms with Crippen molar-refractivity contribution in [2.24, 2.45) is 5.41 Å². The molecule has 1 aromatic heterocycles. The minimum absolute atomic E-state index is 0.135. The Kier molecular flexibility index (Phi) is 4.82. The van der Waals surface area contributed by atoms with Crippen molar-refractivity contribution in [3.8, 4) is 0 Å². The zero-order chi connectivity index (χ0) is 13.0. The van der Waals surface area contributed by atoms with E-state index in [1.165, 1.54) is 11.3 Å². The molecule has 1 unspecified atom stereocenters. The summed E-state index contributed by atoms with van der Waals surface area (Å²) in [6, 6.07) is 3.85. The smallest absolute Gasteiger partial charge is 0.145 e. The lowest BCUT2D eigenvalue weighted by atomic mass is 9.72. The fraction of sp³-hybridized carbons (Fsp3) is 0.643. The molecule has 0 radical (unpaired) electrons. The van der Waals surface area contributed by atoms with Crippen molar-refractivity contribution < 1.29 is 4.79 Å². The van der Waals surface area contributed by atoms with Gasteiger partial charge in [0.05, 0.1) is 4.34 Å². The van der Waals surface area contributed by atoms with Gasteiger partial charge in [-0.25, -0.2) is 0 Å². The third-order valence-electron chi connectivity index (χ3n) is 3.76. The number of thiophene rings is 1. The van der Waals surface area contributed by atoms with Gasteiger partial charge in [-0.1, -0.05) is 24.9 Å². The number of halogens is 1. The summed E-state index contributed by atoms with van der Waals surface area (Å²) in [5.74, 6) is 0.384. The molecule has 1 aromatic rings. The van der Waals surface area contributed by atoms with Gasteiger partial charge < -0.3 is 5.32 Å². The van der Waals surface area contributed by atoms with Gasteiger partial charge in [0.2, 0.25) is 0 Å². The Morgan fingerprint density at radius 2 is 2.39 bits per heavy atom. The summed E-state index contributed by atoms with van der Waals surface area (Å²) >= 11 is 7.44. The fourth-order valence-electron chi connectivity index (χ4n) is 2.83. The van der Waals surface area contributed by atoms with Crippen LogP contribution in [0.25, 0.3) is 0 Å². The first-order chi connectivity index (χ1) is 8.66. The topological polar surface area (TPSA) is 29.1 Å². The molecule has 0 bridgehead atoms. The van der Waals surface area contributed by atoms with Crippen molar-refractivity contribution in [1.82, 2.24) is 5.32 Å². The number of piperidine rings is 1. The molecule has 1 fully saturated rings. The van der Waals surface area contributed by atoms with Gasteiger partial charge in [0.25, 0.3) is 0 Å². The molecule has 18 heavy (non-hydrogen) atoms. The molecule has 1 aliphatic heterocycles. The first kappa shape index (κ1) is 14.0. The monoisotopic (exact) mass is 285 g/mol. The fourth-order valence-corrected chi connectivity index (χ4v) is 3.92. The van der Waals surface area contributed by atoms with Crippen LogP contribution < -0.4 is 5.32 Å². The van der Waals surface area contributed by atoms with E-state index in [2.05, 4.69) is 12.2 Å². The van der Waals surface area contributed by atoms with Crippen LogP contribution in [0.2, 0.25) is 4.34 Å². The highest BCUT2D eigenvalue weighted by molar-refractivity contribution is 7.16. The maximum absolute atomic E-state index is 12.6. The Bertz CT molecular complexity index is 404. The Labute approximate surface area is 118 Å². The maximum atomic E-state index is 12.6. The van der Waals surface area contributed by atoms with Gasteiger partial charge in [-0.3, -0.25) is 4.79 Å². The van der Waals surface area contributed by atoms with E-state index < -0.39 is 0 Å². The predicted octanol–water partition coefficient (Wildman–Crippen LogP) is 3.68. The Balaban J connectivity index is 2.08. The summed E-state index contributed by atoms with van der Waals surface area (Å²) in [4.78, 5) is 13.7. The van der Waals surface area contributed by atoms with Crippen molar-refractivity contribution in [3.63, 3.8) is 0 Å². The van der Waals surface area contributed by atoms with Crippen LogP contribution in [0.4, 0.5) is 0 Å². The van der Waals surface area contributed by atoms with Gasteiger partial charge in [-0.15, -0.1) is 11.3 Å². The molecule has 100 valence electrons. The Morgan fingerprint density at radius 3 is 2.94 bits per heavy atom. The molecule has 0 amide bonds. The summed E-state index contributed by atoms with van der Waals surface area (Å²) in [6.45, 7) is 4.05. The molecular formula is C14H20ClNOS. The van der Waals surface area contributed by atoms with Crippen LogP contribution in [0.5, 0.6) is 0 Å². The van der Waals surface area contributed by atoms with E-state index in [0.717, 1.165) is 48.0 Å². The molecule has 1 N–H and O–H groups in total. The predicted molar refractivity (Wildman–Crippen MR) is 77.5 cm³/mol. The molecule has 1 atom stereocenters. The lowest BCUT2D eigenvalue weighted by Crippen LogP contribution is -2.46. The molecular weight excluding hydrogens is 266 g/mol. The van der Waals surface area contributed by atoms with Crippen LogP contribution in [-0.2, 0) is 11.2 Å². The minimum Gasteiger partial charge on any atom is -0.316 e. The molecule has 1 saturated heterocycles. The highest BCUT2D eigenvalue weighted by Gasteiger charge is 2.38. The average Bonchev–Trinajstić information content (AvgIpc) is 2.76. The summed E-state index contributed by atoms with van der Waals surface area (Å²) < 4.78 is 0.768. The third kappa shape index (κ3) is 3.14. The lowest BCUT2D eigenvalue weighted by Gasteiger charge is -2.36. The Morgan fingerprint density at radius 1 is 1.56 bits per heavy atom. The SMILES string of the molecule is CCCC1(C(=O)Cc2ccc(Cl)s2)CCCNC1. The second-order valence-electron chi connectivity index (χ2n) is 5.12. The van der Waals surface area contributed by atoms with E-state index in [-0.39, 0.29) is 5.41 Å². The van der Waals surface area contributed by atoms with Crippen molar-refractivity contribution in [2.45, 2.75) is 39.0 Å². The van der Waals surface area contributed by atoms with E-state index in [1.807, 2.05) is 12.1 Å². The number of hydrogen-bond donors (Lipinski definition) is 1. The van der Waals surface area contributed by atoms with Gasteiger partial charge in [0.1, 0.15) is 5.78 Å². The van der Waals surface area contributed by atoms with Gasteiger partial charge in [-0.2, -0.15) is 0 Å². The van der Waals surface area contributed by atoms with Gasteiger partial charge in [-0.05, 0) is 37.9 Å². The number of carbonyl (C=O) groups is 1. The first-order valence-corrected chi connectivity index (χ1v) is 7.84. The largest absolute Gasteiger partial charge is 0.316 e. The highest BCUT2D eigenvalue weighted by Crippen LogP contribution is 2.35.